The number of fused-ring (bicyclic) bond motifs is 1. The van der Waals surface area contributed by atoms with Crippen LogP contribution >= 0.6 is 15.9 Å². The Labute approximate surface area is 133 Å². The fourth-order valence-electron chi connectivity index (χ4n) is 2.67. The van der Waals surface area contributed by atoms with Crippen LogP contribution in [0.5, 0.6) is 0 Å². The van der Waals surface area contributed by atoms with Gasteiger partial charge < -0.3 is 5.32 Å². The van der Waals surface area contributed by atoms with Crippen LogP contribution in [0.3, 0.4) is 0 Å². The van der Waals surface area contributed by atoms with Crippen molar-refractivity contribution in [1.29, 1.82) is 0 Å². The van der Waals surface area contributed by atoms with Crippen LogP contribution in [-0.4, -0.2) is 9.78 Å². The van der Waals surface area contributed by atoms with Gasteiger partial charge in [-0.25, -0.2) is 0 Å². The minimum absolute atomic E-state index is 0.789. The molecule has 3 rings (SSSR count). The van der Waals surface area contributed by atoms with Gasteiger partial charge in [-0.2, -0.15) is 5.10 Å². The smallest absolute Gasteiger partial charge is 0.0646 e. The van der Waals surface area contributed by atoms with E-state index in [2.05, 4.69) is 76.6 Å². The highest BCUT2D eigenvalue weighted by Gasteiger charge is 2.10. The van der Waals surface area contributed by atoms with E-state index in [4.69, 9.17) is 0 Å². The van der Waals surface area contributed by atoms with E-state index in [1.165, 1.54) is 22.0 Å². The maximum atomic E-state index is 4.47. The van der Waals surface area contributed by atoms with Crippen molar-refractivity contribution in [3.63, 3.8) is 0 Å². The van der Waals surface area contributed by atoms with Crippen LogP contribution in [0.25, 0.3) is 10.8 Å². The van der Waals surface area contributed by atoms with Gasteiger partial charge in [0.25, 0.3) is 0 Å². The lowest BCUT2D eigenvalue weighted by Crippen LogP contribution is -2.03. The van der Waals surface area contributed by atoms with Gasteiger partial charge in [0.15, 0.2) is 0 Å². The molecule has 0 fully saturated rings. The van der Waals surface area contributed by atoms with E-state index in [1.807, 2.05) is 11.7 Å². The minimum Gasteiger partial charge on any atom is -0.380 e. The molecule has 3 aromatic rings. The van der Waals surface area contributed by atoms with E-state index < -0.39 is 0 Å². The standard InChI is InChI=1S/C17H18BrN3/c1-11-15(12(2)21(3)20-11)10-19-17-9-8-16(18)13-6-4-5-7-14(13)17/h4-9,19H,10H2,1-3H3. The number of anilines is 1. The van der Waals surface area contributed by atoms with Crippen LogP contribution in [0.1, 0.15) is 17.0 Å². The molecule has 4 heteroatoms. The molecule has 0 unspecified atom stereocenters. The number of aromatic nitrogens is 2. The van der Waals surface area contributed by atoms with Gasteiger partial charge in [0.1, 0.15) is 0 Å². The van der Waals surface area contributed by atoms with Crippen molar-refractivity contribution >= 4 is 32.4 Å². The van der Waals surface area contributed by atoms with Gasteiger partial charge in [-0.05, 0) is 31.4 Å². The Kier molecular flexibility index (Phi) is 3.72. The quantitative estimate of drug-likeness (QED) is 0.755. The largest absolute Gasteiger partial charge is 0.380 e. The average molecular weight is 344 g/mol. The van der Waals surface area contributed by atoms with E-state index in [0.29, 0.717) is 0 Å². The molecule has 1 N–H and O–H groups in total. The van der Waals surface area contributed by atoms with Crippen LogP contribution in [0, 0.1) is 13.8 Å². The van der Waals surface area contributed by atoms with Gasteiger partial charge in [-0.1, -0.05) is 40.2 Å². The summed E-state index contributed by atoms with van der Waals surface area (Å²) >= 11 is 3.61. The van der Waals surface area contributed by atoms with Gasteiger partial charge in [0.05, 0.1) is 5.69 Å². The molecule has 0 aliphatic heterocycles. The zero-order valence-electron chi connectivity index (χ0n) is 12.4. The Morgan fingerprint density at radius 2 is 1.81 bits per heavy atom. The first kappa shape index (κ1) is 14.1. The van der Waals surface area contributed by atoms with Crippen LogP contribution in [0.4, 0.5) is 5.69 Å². The summed E-state index contributed by atoms with van der Waals surface area (Å²) in [6.07, 6.45) is 0. The van der Waals surface area contributed by atoms with E-state index in [9.17, 15) is 0 Å². The van der Waals surface area contributed by atoms with E-state index in [-0.39, 0.29) is 0 Å². The zero-order chi connectivity index (χ0) is 15.0. The Morgan fingerprint density at radius 1 is 1.10 bits per heavy atom. The number of benzene rings is 2. The Hall–Kier alpha value is -1.81. The van der Waals surface area contributed by atoms with Crippen molar-refractivity contribution in [3.8, 4) is 0 Å². The van der Waals surface area contributed by atoms with Crippen LogP contribution in [0.15, 0.2) is 40.9 Å². The number of nitrogens with zero attached hydrogens (tertiary/aromatic N) is 2. The van der Waals surface area contributed by atoms with Gasteiger partial charge in [0, 0.05) is 40.4 Å². The summed E-state index contributed by atoms with van der Waals surface area (Å²) in [6.45, 7) is 4.96. The van der Waals surface area contributed by atoms with Gasteiger partial charge in [-0.15, -0.1) is 0 Å². The molecule has 1 heterocycles. The SMILES string of the molecule is Cc1nn(C)c(C)c1CNc1ccc(Br)c2ccccc12. The second-order valence-electron chi connectivity index (χ2n) is 5.27. The third-order valence-corrected chi connectivity index (χ3v) is 4.68. The highest BCUT2D eigenvalue weighted by atomic mass is 79.9. The Morgan fingerprint density at radius 3 is 2.48 bits per heavy atom. The molecule has 2 aromatic carbocycles. The summed E-state index contributed by atoms with van der Waals surface area (Å²) in [4.78, 5) is 0. The fraction of sp³-hybridized carbons (Fsp3) is 0.235. The number of halogens is 1. The maximum Gasteiger partial charge on any atom is 0.0646 e. The molecule has 0 radical (unpaired) electrons. The molecule has 21 heavy (non-hydrogen) atoms. The molecule has 0 saturated heterocycles. The Bertz CT molecular complexity index is 805. The summed E-state index contributed by atoms with van der Waals surface area (Å²) in [5, 5.41) is 10.5. The second kappa shape index (κ2) is 5.53. The summed E-state index contributed by atoms with van der Waals surface area (Å²) < 4.78 is 3.06. The molecule has 0 spiro atoms. The molecule has 0 aliphatic carbocycles. The topological polar surface area (TPSA) is 29.9 Å². The van der Waals surface area contributed by atoms with Crippen molar-refractivity contribution in [2.75, 3.05) is 5.32 Å². The van der Waals surface area contributed by atoms with Gasteiger partial charge in [-0.3, -0.25) is 4.68 Å². The van der Waals surface area contributed by atoms with Crippen molar-refractivity contribution in [2.45, 2.75) is 20.4 Å². The zero-order valence-corrected chi connectivity index (χ0v) is 14.0. The summed E-state index contributed by atoms with van der Waals surface area (Å²) in [6, 6.07) is 12.6. The molecule has 0 amide bonds. The summed E-state index contributed by atoms with van der Waals surface area (Å²) in [7, 11) is 1.99. The molecule has 3 nitrogen and oxygen atoms in total. The summed E-state index contributed by atoms with van der Waals surface area (Å²) in [5.41, 5.74) is 4.71. The van der Waals surface area contributed by atoms with Crippen LogP contribution < -0.4 is 5.32 Å². The van der Waals surface area contributed by atoms with Crippen molar-refractivity contribution < 1.29 is 0 Å². The lowest BCUT2D eigenvalue weighted by atomic mass is 10.1. The highest BCUT2D eigenvalue weighted by Crippen LogP contribution is 2.30. The first-order valence-corrected chi connectivity index (χ1v) is 7.77. The number of nitrogens with one attached hydrogen (secondary N) is 1. The molecular weight excluding hydrogens is 326 g/mol. The highest BCUT2D eigenvalue weighted by molar-refractivity contribution is 9.10. The van der Waals surface area contributed by atoms with E-state index in [1.54, 1.807) is 0 Å². The second-order valence-corrected chi connectivity index (χ2v) is 6.12. The van der Waals surface area contributed by atoms with Crippen molar-refractivity contribution in [3.05, 3.63) is 57.8 Å². The van der Waals surface area contributed by atoms with Crippen molar-refractivity contribution in [2.24, 2.45) is 7.05 Å². The van der Waals surface area contributed by atoms with Gasteiger partial charge >= 0.3 is 0 Å². The molecule has 0 atom stereocenters. The average Bonchev–Trinajstić information content (AvgIpc) is 2.72. The number of rotatable bonds is 3. The van der Waals surface area contributed by atoms with E-state index >= 15 is 0 Å². The molecule has 108 valence electrons. The number of hydrogen-bond acceptors (Lipinski definition) is 2. The lowest BCUT2D eigenvalue weighted by Gasteiger charge is -2.11. The minimum atomic E-state index is 0.789. The fourth-order valence-corrected chi connectivity index (χ4v) is 3.15. The molecule has 1 aromatic heterocycles. The predicted molar refractivity (Wildman–Crippen MR) is 91.7 cm³/mol. The lowest BCUT2D eigenvalue weighted by molar-refractivity contribution is 0.730. The first-order chi connectivity index (χ1) is 10.1. The molecule has 0 saturated carbocycles. The van der Waals surface area contributed by atoms with E-state index in [0.717, 1.165) is 22.4 Å². The van der Waals surface area contributed by atoms with Gasteiger partial charge in [0.2, 0.25) is 0 Å². The summed E-state index contributed by atoms with van der Waals surface area (Å²) in [5.74, 6) is 0. The van der Waals surface area contributed by atoms with Crippen molar-refractivity contribution in [1.82, 2.24) is 9.78 Å². The molecule has 0 bridgehead atoms. The predicted octanol–water partition coefficient (Wildman–Crippen LogP) is 4.56. The Balaban J connectivity index is 1.94. The molecule has 0 aliphatic rings. The maximum absolute atomic E-state index is 4.47. The normalized spacial score (nSPS) is 11.0. The molecular formula is C17H18BrN3. The third-order valence-electron chi connectivity index (χ3n) is 3.99. The third kappa shape index (κ3) is 2.56. The van der Waals surface area contributed by atoms with Crippen LogP contribution in [0.2, 0.25) is 0 Å². The number of hydrogen-bond donors (Lipinski definition) is 1. The first-order valence-electron chi connectivity index (χ1n) is 6.98. The monoisotopic (exact) mass is 343 g/mol. The number of aryl methyl sites for hydroxylation is 2. The van der Waals surface area contributed by atoms with Crippen LogP contribution in [-0.2, 0) is 13.6 Å².